The zero-order valence-corrected chi connectivity index (χ0v) is 26.2. The van der Waals surface area contributed by atoms with Crippen molar-refractivity contribution in [3.63, 3.8) is 0 Å². The summed E-state index contributed by atoms with van der Waals surface area (Å²) in [5, 5.41) is 38.5. The van der Waals surface area contributed by atoms with E-state index in [0.29, 0.717) is 28.5 Å². The summed E-state index contributed by atoms with van der Waals surface area (Å²) >= 11 is 0. The van der Waals surface area contributed by atoms with E-state index in [1.165, 1.54) is 16.7 Å². The summed E-state index contributed by atoms with van der Waals surface area (Å²) in [6, 6.07) is 18.7. The Bertz CT molecular complexity index is 2290. The Labute approximate surface area is 269 Å². The molecule has 0 unspecified atom stereocenters. The molecule has 11 heteroatoms. The van der Waals surface area contributed by atoms with E-state index in [1.807, 2.05) is 55.7 Å². The van der Waals surface area contributed by atoms with Crippen molar-refractivity contribution in [2.24, 2.45) is 22.2 Å². The van der Waals surface area contributed by atoms with E-state index in [-0.39, 0.29) is 22.9 Å². The van der Waals surface area contributed by atoms with Crippen molar-refractivity contribution >= 4 is 39.1 Å². The predicted octanol–water partition coefficient (Wildman–Crippen LogP) is 6.36. The number of carbonyl (C=O) groups is 1. The van der Waals surface area contributed by atoms with Crippen molar-refractivity contribution in [3.05, 3.63) is 94.4 Å². The minimum absolute atomic E-state index is 0.00118. The Morgan fingerprint density at radius 1 is 1.09 bits per heavy atom. The molecule has 0 radical (unpaired) electrons. The lowest BCUT2D eigenvalue weighted by Gasteiger charge is -2.31. The number of aromatic nitrogens is 5. The number of Topliss-reactive ketones (excluding diaryl/α,β-unsaturated/α-hetero) is 1. The molecule has 0 amide bonds. The quantitative estimate of drug-likeness (QED) is 0.0761. The number of H-pyrrole nitrogens is 1. The third-order valence-electron chi connectivity index (χ3n) is 10.2. The highest BCUT2D eigenvalue weighted by Gasteiger charge is 2.53. The third kappa shape index (κ3) is 4.15. The van der Waals surface area contributed by atoms with Crippen LogP contribution in [0.5, 0.6) is 5.75 Å². The maximum atomic E-state index is 12.5. The number of aromatic amines is 1. The van der Waals surface area contributed by atoms with Crippen LogP contribution < -0.4 is 5.73 Å². The van der Waals surface area contributed by atoms with Crippen molar-refractivity contribution in [2.45, 2.75) is 46.5 Å². The van der Waals surface area contributed by atoms with Gasteiger partial charge in [0, 0.05) is 22.4 Å². The molecule has 0 saturated heterocycles. The number of carbonyl (C=O) groups excluding carboxylic acids is 1. The van der Waals surface area contributed by atoms with Crippen molar-refractivity contribution in [1.29, 1.82) is 0 Å². The maximum Gasteiger partial charge on any atom is 0.172 e. The Morgan fingerprint density at radius 2 is 1.87 bits per heavy atom. The van der Waals surface area contributed by atoms with Crippen molar-refractivity contribution in [2.75, 3.05) is 0 Å². The molecule has 3 aliphatic carbocycles. The average Bonchev–Trinajstić information content (AvgIpc) is 3.89. The number of aryl methyl sites for hydroxylation is 2. The molecule has 0 aliphatic heterocycles. The molecule has 9 rings (SSSR count). The number of amidine groups is 1. The van der Waals surface area contributed by atoms with Gasteiger partial charge in [-0.2, -0.15) is 15.4 Å². The number of para-hydroxylation sites is 1. The summed E-state index contributed by atoms with van der Waals surface area (Å²) in [5.74, 6) is 1.44. The smallest absolute Gasteiger partial charge is 0.172 e. The first kappa shape index (κ1) is 28.7. The van der Waals surface area contributed by atoms with Gasteiger partial charge in [0.1, 0.15) is 22.5 Å². The van der Waals surface area contributed by atoms with E-state index in [2.05, 4.69) is 31.8 Å². The van der Waals surface area contributed by atoms with Gasteiger partial charge in [-0.25, -0.2) is 0 Å². The minimum Gasteiger partial charge on any atom is -0.508 e. The number of nitrogens with zero attached hydrogens (tertiary/aromatic N) is 5. The molecule has 3 aromatic carbocycles. The number of nitrogens with two attached hydrogens (primary N) is 1. The number of hydrogen-bond acceptors (Lipinski definition) is 8. The standard InChI is InChI=1S/C20H18N4O3.C16H15N3O/c1-11-17(12(2)27-23-11)19-18(20(21)22-26)15-5-3-4-6-16(15)24(19)13-7-9-14(25)10-8-13;1-8-13-10-2-3-12-14(18-19-17-12)11(10)7-16(13)5-4-9(6-16)15(8)20/h3-10,25-26H,1-2H3,(H2,21,22);2-3,9H,4-7H2,1H3,(H,17,18,19)/t;9-,16+/m.1/s1. The molecule has 3 heterocycles. The normalized spacial score (nSPS) is 20.1. The number of hydrogen-bond donors (Lipinski definition) is 4. The van der Waals surface area contributed by atoms with Gasteiger partial charge in [-0.05, 0) is 105 Å². The molecular weight excluding hydrogens is 594 g/mol. The van der Waals surface area contributed by atoms with Crippen LogP contribution >= 0.6 is 0 Å². The van der Waals surface area contributed by atoms with Gasteiger partial charge >= 0.3 is 0 Å². The van der Waals surface area contributed by atoms with Crippen LogP contribution in [0.2, 0.25) is 0 Å². The van der Waals surface area contributed by atoms with Gasteiger partial charge in [-0.15, -0.1) is 0 Å². The highest BCUT2D eigenvalue weighted by molar-refractivity contribution is 6.15. The zero-order chi connectivity index (χ0) is 32.6. The SMILES string of the molecule is CC1=C2c3ccc4n[nH]nc4c3C[C@@]23CC[C@H](C3)C1=O.Cc1noc(C)c1-c1c(/C(N)=N/O)c2ccccc2n1-c1ccc(O)cc1. The molecule has 3 aromatic heterocycles. The summed E-state index contributed by atoms with van der Waals surface area (Å²) in [6.45, 7) is 5.69. The Hall–Kier alpha value is -5.71. The van der Waals surface area contributed by atoms with E-state index in [4.69, 9.17) is 10.3 Å². The number of ketones is 1. The number of allylic oxidation sites excluding steroid dienone is 2. The molecule has 2 bridgehead atoms. The monoisotopic (exact) mass is 627 g/mol. The summed E-state index contributed by atoms with van der Waals surface area (Å²) in [7, 11) is 0. The highest BCUT2D eigenvalue weighted by Crippen LogP contribution is 2.62. The van der Waals surface area contributed by atoms with E-state index < -0.39 is 0 Å². The van der Waals surface area contributed by atoms with E-state index in [0.717, 1.165) is 64.4 Å². The number of fused-ring (bicyclic) bond motifs is 6. The molecule has 1 fully saturated rings. The first-order valence-corrected chi connectivity index (χ1v) is 15.6. The van der Waals surface area contributed by atoms with Crippen molar-refractivity contribution in [3.8, 4) is 22.7 Å². The fourth-order valence-corrected chi connectivity index (χ4v) is 8.34. The molecule has 11 nitrogen and oxygen atoms in total. The van der Waals surface area contributed by atoms with Gasteiger partial charge in [0.15, 0.2) is 11.6 Å². The van der Waals surface area contributed by atoms with E-state index in [1.54, 1.807) is 24.3 Å². The molecule has 2 atom stereocenters. The molecule has 5 N–H and O–H groups in total. The van der Waals surface area contributed by atoms with Crippen LogP contribution in [0, 0.1) is 25.2 Å². The molecule has 47 heavy (non-hydrogen) atoms. The summed E-state index contributed by atoms with van der Waals surface area (Å²) in [4.78, 5) is 12.5. The topological polar surface area (TPSA) is 168 Å². The molecular formula is C36H33N7O4. The maximum absolute atomic E-state index is 12.5. The second-order valence-electron chi connectivity index (χ2n) is 12.8. The second kappa shape index (κ2) is 10.4. The van der Waals surface area contributed by atoms with Crippen LogP contribution in [-0.2, 0) is 11.2 Å². The first-order valence-electron chi connectivity index (χ1n) is 15.6. The van der Waals surface area contributed by atoms with E-state index >= 15 is 0 Å². The fourth-order valence-electron chi connectivity index (χ4n) is 8.34. The lowest BCUT2D eigenvalue weighted by Crippen LogP contribution is -2.26. The fraction of sp³-hybridized carbons (Fsp3) is 0.250. The van der Waals surface area contributed by atoms with Crippen LogP contribution in [0.1, 0.15) is 54.3 Å². The van der Waals surface area contributed by atoms with Gasteiger partial charge in [0.2, 0.25) is 0 Å². The van der Waals surface area contributed by atoms with Gasteiger partial charge < -0.3 is 25.1 Å². The second-order valence-corrected chi connectivity index (χ2v) is 12.8. The Kier molecular flexibility index (Phi) is 6.37. The van der Waals surface area contributed by atoms with Crippen LogP contribution in [0.3, 0.4) is 0 Å². The molecule has 236 valence electrons. The van der Waals surface area contributed by atoms with Gasteiger partial charge in [-0.3, -0.25) is 4.79 Å². The van der Waals surface area contributed by atoms with Gasteiger partial charge in [0.05, 0.1) is 28.0 Å². The molecule has 1 spiro atoms. The number of phenols is 1. The van der Waals surface area contributed by atoms with Crippen LogP contribution in [0.4, 0.5) is 0 Å². The lowest BCUT2D eigenvalue weighted by atomic mass is 9.71. The summed E-state index contributed by atoms with van der Waals surface area (Å²) in [5.41, 5.74) is 17.5. The minimum atomic E-state index is -0.00118. The third-order valence-corrected chi connectivity index (χ3v) is 10.2. The lowest BCUT2D eigenvalue weighted by molar-refractivity contribution is -0.119. The average molecular weight is 628 g/mol. The Morgan fingerprint density at radius 3 is 2.62 bits per heavy atom. The van der Waals surface area contributed by atoms with Crippen LogP contribution in [0.15, 0.2) is 75.9 Å². The summed E-state index contributed by atoms with van der Waals surface area (Å²) in [6.07, 6.45) is 4.26. The highest BCUT2D eigenvalue weighted by atomic mass is 16.5. The Balaban J connectivity index is 0.000000143. The molecule has 1 saturated carbocycles. The number of oxime groups is 1. The van der Waals surface area contributed by atoms with Gasteiger partial charge in [0.25, 0.3) is 0 Å². The van der Waals surface area contributed by atoms with Crippen LogP contribution in [0.25, 0.3) is 44.5 Å². The largest absolute Gasteiger partial charge is 0.508 e. The van der Waals surface area contributed by atoms with Gasteiger partial charge in [-0.1, -0.05) is 34.6 Å². The van der Waals surface area contributed by atoms with Crippen molar-refractivity contribution < 1.29 is 19.6 Å². The number of aromatic hydroxyl groups is 1. The van der Waals surface area contributed by atoms with E-state index in [9.17, 15) is 15.1 Å². The number of nitrogens with one attached hydrogen (secondary N) is 1. The number of benzene rings is 3. The number of phenolic OH excluding ortho intramolecular Hbond substituents is 1. The van der Waals surface area contributed by atoms with Crippen LogP contribution in [-0.4, -0.2) is 47.1 Å². The zero-order valence-electron chi connectivity index (χ0n) is 26.2. The molecule has 3 aliphatic rings. The summed E-state index contributed by atoms with van der Waals surface area (Å²) < 4.78 is 7.37. The first-order chi connectivity index (χ1) is 22.7. The molecule has 6 aromatic rings. The predicted molar refractivity (Wildman–Crippen MR) is 177 cm³/mol. The van der Waals surface area contributed by atoms with Crippen molar-refractivity contribution in [1.82, 2.24) is 25.1 Å². The number of rotatable bonds is 3.